The maximum absolute atomic E-state index is 14.1. The maximum Gasteiger partial charge on any atom is 0.330 e. The van der Waals surface area contributed by atoms with E-state index in [4.69, 9.17) is 62.6 Å². The summed E-state index contributed by atoms with van der Waals surface area (Å²) >= 11 is 24.4. The minimum Gasteiger partial charge on any atom is -0.505 e. The number of aromatic hydroxyl groups is 3. The molecule has 0 spiro atoms. The number of hydrogen-bond donors (Lipinski definition) is 10. The molecule has 342 valence electrons. The Morgan fingerprint density at radius 2 is 1.42 bits per heavy atom. The monoisotopic (exact) mass is 978 g/mol. The minimum absolute atomic E-state index is 0.00911. The van der Waals surface area contributed by atoms with Gasteiger partial charge in [0.1, 0.15) is 23.9 Å². The summed E-state index contributed by atoms with van der Waals surface area (Å²) in [5.74, 6) is -6.93. The first-order valence-corrected chi connectivity index (χ1v) is 21.2. The molecule has 3 amide bonds. The Morgan fingerprint density at radius 3 is 2.03 bits per heavy atom. The topological polar surface area (TPSA) is 291 Å². The van der Waals surface area contributed by atoms with Crippen molar-refractivity contribution >= 4 is 87.0 Å². The quantitative estimate of drug-likeness (QED) is 0.0703. The highest BCUT2D eigenvalue weighted by atomic mass is 35.5. The Balaban J connectivity index is 1.24. The number of aromatic amines is 1. The highest BCUT2D eigenvalue weighted by Gasteiger charge is 2.34. The SMILES string of the molecule is CN(C(=O)C(N)c1cc(Cl)c(O)c(Cl)c1)C(Cc1ccc(Oc2cc3cc(c2O)-c2cccc4c(c[nH]c24)C[C@@H](N)C(=O)NC(c2cc(Cl)c(O)c(Cl)c2)C(=O)N[C@H]3C(=O)O)cc1)C(=O)O. The summed E-state index contributed by atoms with van der Waals surface area (Å²) in [5, 5.41) is 57.6. The highest BCUT2D eigenvalue weighted by Crippen LogP contribution is 2.45. The number of phenolic OH excluding ortho intramolecular Hbond substituents is 3. The first-order chi connectivity index (χ1) is 31.2. The van der Waals surface area contributed by atoms with Gasteiger partial charge in [0.05, 0.1) is 31.6 Å². The van der Waals surface area contributed by atoms with E-state index in [0.29, 0.717) is 27.6 Å². The number of halogens is 4. The fourth-order valence-electron chi connectivity index (χ4n) is 7.54. The molecule has 1 aliphatic rings. The summed E-state index contributed by atoms with van der Waals surface area (Å²) in [5.41, 5.74) is 14.6. The summed E-state index contributed by atoms with van der Waals surface area (Å²) < 4.78 is 6.17. The number of rotatable bonds is 10. The summed E-state index contributed by atoms with van der Waals surface area (Å²) in [6.07, 6.45) is 1.42. The summed E-state index contributed by atoms with van der Waals surface area (Å²) in [6, 6.07) is 11.0. The lowest BCUT2D eigenvalue weighted by Gasteiger charge is -2.28. The second-order valence-corrected chi connectivity index (χ2v) is 17.0. The van der Waals surface area contributed by atoms with Gasteiger partial charge < -0.3 is 62.3 Å². The largest absolute Gasteiger partial charge is 0.505 e. The van der Waals surface area contributed by atoms with Gasteiger partial charge >= 0.3 is 11.9 Å². The van der Waals surface area contributed by atoms with E-state index in [2.05, 4.69) is 15.6 Å². The van der Waals surface area contributed by atoms with Gasteiger partial charge in [-0.25, -0.2) is 9.59 Å². The summed E-state index contributed by atoms with van der Waals surface area (Å²) in [4.78, 5) is 70.8. The molecule has 3 unspecified atom stereocenters. The third-order valence-corrected chi connectivity index (χ3v) is 12.3. The lowest BCUT2D eigenvalue weighted by atomic mass is 9.95. The van der Waals surface area contributed by atoms with Gasteiger partial charge in [-0.1, -0.05) is 76.7 Å². The number of phenols is 3. The Morgan fingerprint density at radius 1 is 0.803 bits per heavy atom. The van der Waals surface area contributed by atoms with Crippen LogP contribution >= 0.6 is 46.4 Å². The number of para-hydroxylation sites is 1. The number of ether oxygens (including phenoxy) is 1. The molecule has 17 nitrogen and oxygen atoms in total. The molecule has 6 bridgehead atoms. The number of H-pyrrole nitrogens is 1. The lowest BCUT2D eigenvalue weighted by Crippen LogP contribution is -2.48. The van der Waals surface area contributed by atoms with Crippen LogP contribution in [-0.2, 0) is 36.8 Å². The van der Waals surface area contributed by atoms with Crippen LogP contribution in [0.15, 0.2) is 85.1 Å². The van der Waals surface area contributed by atoms with Gasteiger partial charge in [-0.3, -0.25) is 14.4 Å². The molecule has 1 aromatic heterocycles. The predicted molar refractivity (Wildman–Crippen MR) is 244 cm³/mol. The van der Waals surface area contributed by atoms with E-state index in [1.54, 1.807) is 24.4 Å². The molecule has 0 saturated heterocycles. The van der Waals surface area contributed by atoms with Gasteiger partial charge in [0, 0.05) is 36.2 Å². The number of carbonyl (C=O) groups excluding carboxylic acids is 3. The number of fused-ring (bicyclic) bond motifs is 3. The van der Waals surface area contributed by atoms with Crippen molar-refractivity contribution in [2.45, 2.75) is 43.1 Å². The van der Waals surface area contributed by atoms with Crippen LogP contribution in [0.25, 0.3) is 22.0 Å². The van der Waals surface area contributed by atoms with Crippen LogP contribution in [0.1, 0.15) is 45.9 Å². The van der Waals surface area contributed by atoms with Crippen molar-refractivity contribution in [2.75, 3.05) is 7.05 Å². The van der Waals surface area contributed by atoms with E-state index in [1.165, 1.54) is 67.7 Å². The molecule has 12 N–H and O–H groups in total. The van der Waals surface area contributed by atoms with Crippen LogP contribution in [0.3, 0.4) is 0 Å². The number of amides is 3. The van der Waals surface area contributed by atoms with E-state index in [9.17, 15) is 49.5 Å². The number of hydrogen-bond acceptors (Lipinski definition) is 11. The van der Waals surface area contributed by atoms with E-state index in [0.717, 1.165) is 4.90 Å². The number of carboxylic acids is 2. The number of nitrogens with two attached hydrogens (primary N) is 2. The zero-order chi connectivity index (χ0) is 47.9. The second-order valence-electron chi connectivity index (χ2n) is 15.4. The fraction of sp³-hybridized carbons (Fsp3) is 0.178. The molecule has 21 heteroatoms. The molecule has 0 aliphatic carbocycles. The number of likely N-dealkylation sites (N-methyl/N-ethyl adjacent to an activating group) is 1. The van der Waals surface area contributed by atoms with Crippen molar-refractivity contribution < 1.29 is 54.2 Å². The van der Waals surface area contributed by atoms with Gasteiger partial charge in [0.2, 0.25) is 17.7 Å². The van der Waals surface area contributed by atoms with Crippen LogP contribution in [-0.4, -0.2) is 84.2 Å². The van der Waals surface area contributed by atoms with Gasteiger partial charge in [-0.05, 0) is 82.8 Å². The average Bonchev–Trinajstić information content (AvgIpc) is 3.69. The van der Waals surface area contributed by atoms with Crippen molar-refractivity contribution in [3.8, 4) is 39.9 Å². The first-order valence-electron chi connectivity index (χ1n) is 19.7. The van der Waals surface area contributed by atoms with Crippen LogP contribution < -0.4 is 26.8 Å². The van der Waals surface area contributed by atoms with Gasteiger partial charge in [-0.2, -0.15) is 0 Å². The van der Waals surface area contributed by atoms with Crippen molar-refractivity contribution in [3.05, 3.63) is 133 Å². The van der Waals surface area contributed by atoms with E-state index in [-0.39, 0.29) is 66.7 Å². The third kappa shape index (κ3) is 9.48. The Bertz CT molecular complexity index is 2900. The van der Waals surface area contributed by atoms with Crippen molar-refractivity contribution in [1.29, 1.82) is 0 Å². The number of aromatic nitrogens is 1. The molecular formula is C45H38Cl4N6O11. The van der Waals surface area contributed by atoms with E-state index >= 15 is 0 Å². The minimum atomic E-state index is -1.84. The smallest absolute Gasteiger partial charge is 0.330 e. The molecule has 5 aromatic carbocycles. The number of nitrogens with zero attached hydrogens (tertiary/aromatic N) is 1. The van der Waals surface area contributed by atoms with Gasteiger partial charge in [0.15, 0.2) is 29.0 Å². The molecular weight excluding hydrogens is 942 g/mol. The van der Waals surface area contributed by atoms with Crippen LogP contribution in [0.4, 0.5) is 0 Å². The molecule has 6 aromatic rings. The average molecular weight is 981 g/mol. The van der Waals surface area contributed by atoms with Crippen molar-refractivity contribution in [2.24, 2.45) is 11.5 Å². The van der Waals surface area contributed by atoms with Crippen molar-refractivity contribution in [3.63, 3.8) is 0 Å². The lowest BCUT2D eigenvalue weighted by molar-refractivity contribution is -0.149. The van der Waals surface area contributed by atoms with E-state index in [1.807, 2.05) is 0 Å². The molecule has 7 rings (SSSR count). The molecule has 5 atom stereocenters. The number of carbonyl (C=O) groups is 5. The highest BCUT2D eigenvalue weighted by molar-refractivity contribution is 6.37. The summed E-state index contributed by atoms with van der Waals surface area (Å²) in [6.45, 7) is 0. The van der Waals surface area contributed by atoms with Gasteiger partial charge in [-0.15, -0.1) is 0 Å². The third-order valence-electron chi connectivity index (χ3n) is 11.1. The summed E-state index contributed by atoms with van der Waals surface area (Å²) in [7, 11) is 1.27. The van der Waals surface area contributed by atoms with Gasteiger partial charge in [0.25, 0.3) is 0 Å². The number of nitrogens with one attached hydrogen (secondary N) is 3. The second kappa shape index (κ2) is 19.0. The number of aliphatic carboxylic acids is 2. The zero-order valence-corrected chi connectivity index (χ0v) is 37.2. The number of carboxylic acid groups (broad SMARTS) is 2. The standard InChI is InChI=1S/C45H38Cl4N6O11/c1-55(43(61)34(51)19-11-27(46)39(57)28(47)12-19)32(44(62)63)9-18-5-7-23(8-6-18)66-33-16-20-10-26(38(33)56)25-4-2-3-24-22(17-52-37(24)25)15-31(50)41(59)53-35(42(60)54-36(20)45(64)65)21-13-29(48)40(58)30(49)14-21/h2-8,10-14,16-17,31-32,34-36,52,56-58H,9,15,50-51H2,1H3,(H,53,59)(H,54,60)(H,62,63)(H,64,65)/t31-,32?,34?,35?,36-/m1/s1. The van der Waals surface area contributed by atoms with E-state index < -0.39 is 77.1 Å². The maximum atomic E-state index is 14.1. The Labute approximate surface area is 394 Å². The number of benzene rings is 5. The fourth-order valence-corrected chi connectivity index (χ4v) is 8.55. The zero-order valence-electron chi connectivity index (χ0n) is 34.2. The molecule has 0 fully saturated rings. The molecule has 66 heavy (non-hydrogen) atoms. The Hall–Kier alpha value is -6.73. The van der Waals surface area contributed by atoms with Crippen LogP contribution in [0, 0.1) is 0 Å². The predicted octanol–water partition coefficient (Wildman–Crippen LogP) is 6.49. The normalized spacial score (nSPS) is 17.2. The molecule has 0 saturated carbocycles. The Kier molecular flexibility index (Phi) is 13.6. The molecule has 2 heterocycles. The molecule has 1 aliphatic heterocycles. The van der Waals surface area contributed by atoms with Crippen LogP contribution in [0.5, 0.6) is 28.7 Å². The first kappa shape index (κ1) is 47.2. The molecule has 0 radical (unpaired) electrons. The van der Waals surface area contributed by atoms with Crippen LogP contribution in [0.2, 0.25) is 20.1 Å². The van der Waals surface area contributed by atoms with Crippen molar-refractivity contribution in [1.82, 2.24) is 20.5 Å².